The van der Waals surface area contributed by atoms with Gasteiger partial charge >= 0.3 is 0 Å². The average Bonchev–Trinajstić information content (AvgIpc) is 2.66. The first-order chi connectivity index (χ1) is 13.0. The Morgan fingerprint density at radius 3 is 2.44 bits per heavy atom. The van der Waals surface area contributed by atoms with E-state index in [0.717, 1.165) is 37.2 Å². The highest BCUT2D eigenvalue weighted by Crippen LogP contribution is 2.18. The predicted octanol–water partition coefficient (Wildman–Crippen LogP) is 5.85. The summed E-state index contributed by atoms with van der Waals surface area (Å²) in [6, 6.07) is 10.5. The number of nitrogens with zero attached hydrogens (tertiary/aromatic N) is 3. The fourth-order valence-corrected chi connectivity index (χ4v) is 2.79. The van der Waals surface area contributed by atoms with E-state index in [-0.39, 0.29) is 0 Å². The van der Waals surface area contributed by atoms with E-state index >= 15 is 0 Å². The van der Waals surface area contributed by atoms with Crippen LogP contribution in [-0.4, -0.2) is 42.1 Å². The quantitative estimate of drug-likeness (QED) is 0.205. The van der Waals surface area contributed by atoms with Crippen LogP contribution in [0.4, 0.5) is 0 Å². The first kappa shape index (κ1) is 23.2. The minimum absolute atomic E-state index is 0.502. The SMILES string of the molecule is C/C=C(\C=C/CCl)C(/C)=N/N(Cc1ccccc1)/C(=C/CC)CCN(C)C. The molecule has 1 aromatic carbocycles. The molecular weight excluding hydrogens is 354 g/mol. The van der Waals surface area contributed by atoms with Crippen molar-refractivity contribution in [3.8, 4) is 0 Å². The predicted molar refractivity (Wildman–Crippen MR) is 120 cm³/mol. The van der Waals surface area contributed by atoms with E-state index in [2.05, 4.69) is 74.3 Å². The first-order valence-electron chi connectivity index (χ1n) is 9.61. The molecule has 0 aliphatic rings. The molecule has 0 heterocycles. The molecule has 0 atom stereocenters. The summed E-state index contributed by atoms with van der Waals surface area (Å²) in [6.07, 6.45) is 10.3. The normalized spacial score (nSPS) is 13.7. The van der Waals surface area contributed by atoms with E-state index < -0.39 is 0 Å². The molecule has 4 heteroatoms. The number of halogens is 1. The van der Waals surface area contributed by atoms with Crippen LogP contribution >= 0.6 is 11.6 Å². The fraction of sp³-hybridized carbons (Fsp3) is 0.435. The van der Waals surface area contributed by atoms with Crippen molar-refractivity contribution in [2.75, 3.05) is 26.5 Å². The Balaban J connectivity index is 3.20. The van der Waals surface area contributed by atoms with Crippen LogP contribution in [0.15, 0.2) is 71.0 Å². The van der Waals surface area contributed by atoms with Gasteiger partial charge in [-0.25, -0.2) is 0 Å². The molecule has 0 unspecified atom stereocenters. The van der Waals surface area contributed by atoms with E-state index in [1.165, 1.54) is 11.3 Å². The maximum Gasteiger partial charge on any atom is 0.0662 e. The average molecular weight is 388 g/mol. The molecule has 0 N–H and O–H groups in total. The zero-order chi connectivity index (χ0) is 20.1. The molecule has 0 saturated carbocycles. The van der Waals surface area contributed by atoms with Crippen molar-refractivity contribution >= 4 is 17.3 Å². The van der Waals surface area contributed by atoms with Gasteiger partial charge in [-0.2, -0.15) is 5.10 Å². The minimum Gasteiger partial charge on any atom is -0.309 e. The lowest BCUT2D eigenvalue weighted by Crippen LogP contribution is -2.23. The molecule has 27 heavy (non-hydrogen) atoms. The van der Waals surface area contributed by atoms with Crippen molar-refractivity contribution < 1.29 is 0 Å². The molecule has 0 saturated heterocycles. The first-order valence-corrected chi connectivity index (χ1v) is 10.1. The maximum absolute atomic E-state index is 5.80. The molecule has 0 aromatic heterocycles. The standard InChI is InChI=1S/C23H34ClN3/c1-6-12-23(16-18-26(4)5)27(19-21-13-9-8-10-14-21)25-20(3)22(7-2)15-11-17-24/h7-15H,6,16-19H2,1-5H3/b15-11-,22-7+,23-12+,25-20+. The summed E-state index contributed by atoms with van der Waals surface area (Å²) in [7, 11) is 4.21. The third-order valence-electron chi connectivity index (χ3n) is 4.15. The molecule has 0 amide bonds. The minimum atomic E-state index is 0.502. The largest absolute Gasteiger partial charge is 0.309 e. The van der Waals surface area contributed by atoms with Crippen LogP contribution in [0.2, 0.25) is 0 Å². The van der Waals surface area contributed by atoms with Gasteiger partial charge in [-0.3, -0.25) is 5.01 Å². The van der Waals surface area contributed by atoms with Crippen LogP contribution in [-0.2, 0) is 6.54 Å². The Kier molecular flexibility index (Phi) is 11.5. The monoisotopic (exact) mass is 387 g/mol. The summed E-state index contributed by atoms with van der Waals surface area (Å²) in [6.45, 7) is 8.01. The lowest BCUT2D eigenvalue weighted by atomic mass is 10.1. The molecule has 0 bridgehead atoms. The molecule has 1 aromatic rings. The second-order valence-corrected chi connectivity index (χ2v) is 6.99. The van der Waals surface area contributed by atoms with Crippen molar-refractivity contribution in [1.82, 2.24) is 9.91 Å². The van der Waals surface area contributed by atoms with E-state index in [1.54, 1.807) is 0 Å². The second-order valence-electron chi connectivity index (χ2n) is 6.69. The summed E-state index contributed by atoms with van der Waals surface area (Å²) in [5.74, 6) is 0.502. The summed E-state index contributed by atoms with van der Waals surface area (Å²) in [5, 5.41) is 7.14. The summed E-state index contributed by atoms with van der Waals surface area (Å²) in [4.78, 5) is 2.21. The van der Waals surface area contributed by atoms with Gasteiger partial charge in [0.05, 0.1) is 12.3 Å². The highest BCUT2D eigenvalue weighted by atomic mass is 35.5. The number of alkyl halides is 1. The molecular formula is C23H34ClN3. The lowest BCUT2D eigenvalue weighted by molar-refractivity contribution is 0.319. The van der Waals surface area contributed by atoms with Crippen LogP contribution in [0.1, 0.15) is 39.2 Å². The number of benzene rings is 1. The van der Waals surface area contributed by atoms with Crippen molar-refractivity contribution in [1.29, 1.82) is 0 Å². The number of hydrogen-bond acceptors (Lipinski definition) is 3. The van der Waals surface area contributed by atoms with Crippen LogP contribution in [0, 0.1) is 0 Å². The van der Waals surface area contributed by atoms with Gasteiger partial charge < -0.3 is 4.90 Å². The number of hydrogen-bond donors (Lipinski definition) is 0. The summed E-state index contributed by atoms with van der Waals surface area (Å²) >= 11 is 5.80. The van der Waals surface area contributed by atoms with Crippen LogP contribution in [0.3, 0.4) is 0 Å². The Hall–Kier alpha value is -1.84. The van der Waals surface area contributed by atoms with Crippen molar-refractivity contribution in [2.24, 2.45) is 5.10 Å². The van der Waals surface area contributed by atoms with E-state index in [4.69, 9.17) is 16.7 Å². The Morgan fingerprint density at radius 1 is 1.19 bits per heavy atom. The van der Waals surface area contributed by atoms with Gasteiger partial charge in [-0.1, -0.05) is 61.6 Å². The summed E-state index contributed by atoms with van der Waals surface area (Å²) in [5.41, 5.74) is 4.59. The molecule has 0 radical (unpaired) electrons. The number of allylic oxidation sites excluding steroid dienone is 5. The van der Waals surface area contributed by atoms with Gasteiger partial charge in [-0.15, -0.1) is 11.6 Å². The van der Waals surface area contributed by atoms with Gasteiger partial charge in [0, 0.05) is 24.5 Å². The highest BCUT2D eigenvalue weighted by Gasteiger charge is 2.11. The molecule has 0 aliphatic carbocycles. The zero-order valence-corrected chi connectivity index (χ0v) is 18.2. The molecule has 1 rings (SSSR count). The lowest BCUT2D eigenvalue weighted by Gasteiger charge is -2.25. The molecule has 0 fully saturated rings. The van der Waals surface area contributed by atoms with E-state index in [0.29, 0.717) is 5.88 Å². The molecule has 0 spiro atoms. The number of hydrazone groups is 1. The topological polar surface area (TPSA) is 18.8 Å². The van der Waals surface area contributed by atoms with Gasteiger partial charge in [0.15, 0.2) is 0 Å². The number of rotatable bonds is 11. The van der Waals surface area contributed by atoms with Gasteiger partial charge in [0.25, 0.3) is 0 Å². The van der Waals surface area contributed by atoms with Crippen LogP contribution < -0.4 is 0 Å². The molecule has 148 valence electrons. The summed E-state index contributed by atoms with van der Waals surface area (Å²) < 4.78 is 0. The Labute approximate surface area is 170 Å². The second kappa shape index (κ2) is 13.3. The van der Waals surface area contributed by atoms with Gasteiger partial charge in [0.1, 0.15) is 0 Å². The van der Waals surface area contributed by atoms with E-state index in [1.807, 2.05) is 25.1 Å². The van der Waals surface area contributed by atoms with Gasteiger partial charge in [-0.05, 0) is 45.5 Å². The van der Waals surface area contributed by atoms with Crippen molar-refractivity contribution in [3.05, 3.63) is 71.5 Å². The van der Waals surface area contributed by atoms with Crippen molar-refractivity contribution in [2.45, 2.75) is 40.2 Å². The van der Waals surface area contributed by atoms with Crippen molar-refractivity contribution in [3.63, 3.8) is 0 Å². The Morgan fingerprint density at radius 2 is 1.89 bits per heavy atom. The maximum atomic E-state index is 5.80. The van der Waals surface area contributed by atoms with Gasteiger partial charge in [0.2, 0.25) is 0 Å². The van der Waals surface area contributed by atoms with Crippen LogP contribution in [0.25, 0.3) is 0 Å². The molecule has 0 aliphatic heterocycles. The highest BCUT2D eigenvalue weighted by molar-refractivity contribution is 6.19. The van der Waals surface area contributed by atoms with E-state index in [9.17, 15) is 0 Å². The zero-order valence-electron chi connectivity index (χ0n) is 17.5. The third-order valence-corrected chi connectivity index (χ3v) is 4.33. The third kappa shape index (κ3) is 9.07. The molecule has 3 nitrogen and oxygen atoms in total. The smallest absolute Gasteiger partial charge is 0.0662 e. The van der Waals surface area contributed by atoms with Crippen LogP contribution in [0.5, 0.6) is 0 Å². The Bertz CT molecular complexity index is 657. The fourth-order valence-electron chi connectivity index (χ4n) is 2.70.